The van der Waals surface area contributed by atoms with Crippen LogP contribution in [-0.2, 0) is 10.2 Å². The van der Waals surface area contributed by atoms with Gasteiger partial charge in [0.05, 0.1) is 18.6 Å². The molecule has 2 fully saturated rings. The lowest BCUT2D eigenvalue weighted by Crippen LogP contribution is -2.37. The smallest absolute Gasteiger partial charge is 0.266 e. The monoisotopic (exact) mass is 252 g/mol. The van der Waals surface area contributed by atoms with Crippen LogP contribution in [0, 0.1) is 0 Å². The highest BCUT2D eigenvalue weighted by Gasteiger charge is 2.39. The lowest BCUT2D eigenvalue weighted by molar-refractivity contribution is 0.121. The zero-order valence-corrected chi connectivity index (χ0v) is 10.8. The first-order chi connectivity index (χ1) is 8.84. The molecule has 6 heteroatoms. The summed E-state index contributed by atoms with van der Waals surface area (Å²) in [5.74, 6) is 1.50. The van der Waals surface area contributed by atoms with Crippen LogP contribution >= 0.6 is 0 Å². The lowest BCUT2D eigenvalue weighted by atomic mass is 9.84. The van der Waals surface area contributed by atoms with Crippen molar-refractivity contribution >= 4 is 5.95 Å². The van der Waals surface area contributed by atoms with Gasteiger partial charge in [-0.05, 0) is 24.5 Å². The number of aromatic nitrogens is 2. The average Bonchev–Trinajstić information content (AvgIpc) is 3.09. The first kappa shape index (κ1) is 11.9. The van der Waals surface area contributed by atoms with E-state index in [1.54, 1.807) is 0 Å². The van der Waals surface area contributed by atoms with E-state index in [2.05, 4.69) is 27.3 Å². The van der Waals surface area contributed by atoms with E-state index < -0.39 is 0 Å². The summed E-state index contributed by atoms with van der Waals surface area (Å²) in [6.45, 7) is 7.32. The van der Waals surface area contributed by atoms with Crippen LogP contribution in [0.2, 0.25) is 0 Å². The second kappa shape index (κ2) is 4.85. The molecule has 2 saturated heterocycles. The molecule has 2 aliphatic heterocycles. The van der Waals surface area contributed by atoms with Crippen LogP contribution in [0.4, 0.5) is 5.95 Å². The van der Waals surface area contributed by atoms with Crippen LogP contribution in [0.15, 0.2) is 4.52 Å². The SMILES string of the molecule is CCC1(c2nc(N3CCOCC3)no2)CCNC1. The number of ether oxygens (including phenoxy) is 1. The molecule has 0 aliphatic carbocycles. The molecular weight excluding hydrogens is 232 g/mol. The van der Waals surface area contributed by atoms with Crippen molar-refractivity contribution in [2.24, 2.45) is 0 Å². The van der Waals surface area contributed by atoms with Gasteiger partial charge in [-0.2, -0.15) is 4.98 Å². The van der Waals surface area contributed by atoms with E-state index >= 15 is 0 Å². The Hall–Kier alpha value is -1.14. The molecule has 2 aliphatic rings. The van der Waals surface area contributed by atoms with Gasteiger partial charge in [-0.15, -0.1) is 0 Å². The second-order valence-electron chi connectivity index (χ2n) is 5.06. The highest BCUT2D eigenvalue weighted by atomic mass is 16.5. The predicted molar refractivity (Wildman–Crippen MR) is 66.8 cm³/mol. The molecule has 0 saturated carbocycles. The molecule has 0 bridgehead atoms. The molecule has 3 heterocycles. The Morgan fingerprint density at radius 3 is 2.89 bits per heavy atom. The van der Waals surface area contributed by atoms with Gasteiger partial charge in [-0.3, -0.25) is 0 Å². The molecule has 1 atom stereocenters. The Morgan fingerprint density at radius 2 is 2.22 bits per heavy atom. The molecule has 1 aromatic rings. The minimum atomic E-state index is 0.0392. The number of hydrogen-bond acceptors (Lipinski definition) is 6. The fourth-order valence-electron chi connectivity index (χ4n) is 2.70. The van der Waals surface area contributed by atoms with E-state index in [0.29, 0.717) is 5.95 Å². The van der Waals surface area contributed by atoms with Crippen LogP contribution in [0.3, 0.4) is 0 Å². The molecule has 1 unspecified atom stereocenters. The molecule has 6 nitrogen and oxygen atoms in total. The summed E-state index contributed by atoms with van der Waals surface area (Å²) in [4.78, 5) is 6.74. The van der Waals surface area contributed by atoms with E-state index in [0.717, 1.165) is 58.1 Å². The van der Waals surface area contributed by atoms with Gasteiger partial charge >= 0.3 is 0 Å². The summed E-state index contributed by atoms with van der Waals surface area (Å²) in [6, 6.07) is 0. The third-order valence-electron chi connectivity index (χ3n) is 4.08. The number of anilines is 1. The average molecular weight is 252 g/mol. The van der Waals surface area contributed by atoms with Crippen LogP contribution in [0.1, 0.15) is 25.7 Å². The molecule has 0 aromatic carbocycles. The maximum absolute atomic E-state index is 5.51. The molecule has 0 spiro atoms. The number of morpholine rings is 1. The van der Waals surface area contributed by atoms with Crippen molar-refractivity contribution in [3.63, 3.8) is 0 Å². The zero-order chi connectivity index (χ0) is 12.4. The standard InChI is InChI=1S/C12H20N4O2/c1-2-12(3-4-13-9-12)10-14-11(15-18-10)16-5-7-17-8-6-16/h13H,2-9H2,1H3. The van der Waals surface area contributed by atoms with Gasteiger partial charge in [0.1, 0.15) is 0 Å². The maximum atomic E-state index is 5.51. The fraction of sp³-hybridized carbons (Fsp3) is 0.833. The van der Waals surface area contributed by atoms with Gasteiger partial charge in [-0.25, -0.2) is 0 Å². The van der Waals surface area contributed by atoms with E-state index in [1.807, 2.05) is 0 Å². The predicted octanol–water partition coefficient (Wildman–Crippen LogP) is 0.547. The van der Waals surface area contributed by atoms with Gasteiger partial charge < -0.3 is 19.5 Å². The number of nitrogens with zero attached hydrogens (tertiary/aromatic N) is 3. The van der Waals surface area contributed by atoms with Crippen LogP contribution < -0.4 is 10.2 Å². The van der Waals surface area contributed by atoms with E-state index in [9.17, 15) is 0 Å². The van der Waals surface area contributed by atoms with Gasteiger partial charge in [0.15, 0.2) is 0 Å². The topological polar surface area (TPSA) is 63.4 Å². The molecular formula is C12H20N4O2. The van der Waals surface area contributed by atoms with Crippen molar-refractivity contribution in [3.05, 3.63) is 5.89 Å². The maximum Gasteiger partial charge on any atom is 0.266 e. The van der Waals surface area contributed by atoms with Crippen LogP contribution in [-0.4, -0.2) is 49.5 Å². The quantitative estimate of drug-likeness (QED) is 0.847. The molecule has 100 valence electrons. The Bertz CT molecular complexity index is 395. The fourth-order valence-corrected chi connectivity index (χ4v) is 2.70. The van der Waals surface area contributed by atoms with Crippen molar-refractivity contribution in [2.45, 2.75) is 25.2 Å². The molecule has 0 radical (unpaired) electrons. The summed E-state index contributed by atoms with van der Waals surface area (Å²) in [6.07, 6.45) is 2.11. The van der Waals surface area contributed by atoms with Crippen molar-refractivity contribution in [2.75, 3.05) is 44.3 Å². The van der Waals surface area contributed by atoms with Gasteiger partial charge in [0.2, 0.25) is 5.89 Å². The summed E-state index contributed by atoms with van der Waals surface area (Å²) in [7, 11) is 0. The minimum absolute atomic E-state index is 0.0392. The molecule has 3 rings (SSSR count). The highest BCUT2D eigenvalue weighted by Crippen LogP contribution is 2.33. The van der Waals surface area contributed by atoms with E-state index in [-0.39, 0.29) is 5.41 Å². The molecule has 18 heavy (non-hydrogen) atoms. The third-order valence-corrected chi connectivity index (χ3v) is 4.08. The first-order valence-electron chi connectivity index (χ1n) is 6.72. The van der Waals surface area contributed by atoms with Crippen molar-refractivity contribution in [3.8, 4) is 0 Å². The molecule has 0 amide bonds. The first-order valence-corrected chi connectivity index (χ1v) is 6.72. The Morgan fingerprint density at radius 1 is 1.39 bits per heavy atom. The Balaban J connectivity index is 1.79. The molecule has 1 N–H and O–H groups in total. The van der Waals surface area contributed by atoms with Crippen LogP contribution in [0.5, 0.6) is 0 Å². The Labute approximate surface area is 107 Å². The van der Waals surface area contributed by atoms with Crippen LogP contribution in [0.25, 0.3) is 0 Å². The number of rotatable bonds is 3. The van der Waals surface area contributed by atoms with Crippen molar-refractivity contribution < 1.29 is 9.26 Å². The second-order valence-corrected chi connectivity index (χ2v) is 5.06. The zero-order valence-electron chi connectivity index (χ0n) is 10.8. The molecule has 1 aromatic heterocycles. The summed E-state index contributed by atoms with van der Waals surface area (Å²) in [5.41, 5.74) is 0.0392. The number of nitrogens with one attached hydrogen (secondary N) is 1. The van der Waals surface area contributed by atoms with Gasteiger partial charge in [0.25, 0.3) is 5.95 Å². The summed E-state index contributed by atoms with van der Waals surface area (Å²) in [5, 5.41) is 7.52. The summed E-state index contributed by atoms with van der Waals surface area (Å²) < 4.78 is 10.8. The van der Waals surface area contributed by atoms with Crippen molar-refractivity contribution in [1.29, 1.82) is 0 Å². The van der Waals surface area contributed by atoms with Crippen molar-refractivity contribution in [1.82, 2.24) is 15.5 Å². The number of hydrogen-bond donors (Lipinski definition) is 1. The Kier molecular flexibility index (Phi) is 3.22. The highest BCUT2D eigenvalue weighted by molar-refractivity contribution is 5.29. The minimum Gasteiger partial charge on any atom is -0.378 e. The largest absolute Gasteiger partial charge is 0.378 e. The van der Waals surface area contributed by atoms with E-state index in [4.69, 9.17) is 9.26 Å². The van der Waals surface area contributed by atoms with Gasteiger partial charge in [0, 0.05) is 19.6 Å². The normalized spacial score (nSPS) is 28.8. The van der Waals surface area contributed by atoms with Gasteiger partial charge in [-0.1, -0.05) is 6.92 Å². The lowest BCUT2D eigenvalue weighted by Gasteiger charge is -2.25. The third kappa shape index (κ3) is 1.99. The van der Waals surface area contributed by atoms with E-state index in [1.165, 1.54) is 0 Å². The summed E-state index contributed by atoms with van der Waals surface area (Å²) >= 11 is 0.